The van der Waals surface area contributed by atoms with Crippen LogP contribution in [0.15, 0.2) is 66.7 Å². The van der Waals surface area contributed by atoms with E-state index in [-0.39, 0.29) is 10.6 Å². The van der Waals surface area contributed by atoms with Gasteiger partial charge in [0, 0.05) is 45.3 Å². The minimum absolute atomic E-state index is 0.156. The fourth-order valence-corrected chi connectivity index (χ4v) is 3.18. The predicted molar refractivity (Wildman–Crippen MR) is 110 cm³/mol. The van der Waals surface area contributed by atoms with Gasteiger partial charge in [0.15, 0.2) is 0 Å². The Morgan fingerprint density at radius 2 is 1.37 bits per heavy atom. The largest absolute Gasteiger partial charge is 0.297 e. The highest BCUT2D eigenvalue weighted by atomic mass is 16.6. The number of hydrogen-bond donors (Lipinski definition) is 0. The molecule has 3 rings (SSSR count). The van der Waals surface area contributed by atoms with Crippen LogP contribution in [-0.2, 0) is 0 Å². The number of hydrogen-bond acceptors (Lipinski definition) is 4. The minimum atomic E-state index is -0.332. The molecule has 140 valence electrons. The van der Waals surface area contributed by atoms with Crippen LogP contribution in [0.5, 0.6) is 0 Å². The first-order chi connectivity index (χ1) is 13.2. The average Bonchev–Trinajstić information content (AvgIpc) is 2.70. The molecule has 0 atom stereocenters. The monoisotopic (exact) mass is 363 g/mol. The van der Waals surface area contributed by atoms with E-state index >= 15 is 0 Å². The number of piperazine rings is 1. The molecule has 5 heteroatoms. The quantitative estimate of drug-likeness (QED) is 0.552. The summed E-state index contributed by atoms with van der Waals surface area (Å²) in [5.41, 5.74) is 2.05. The normalized spacial score (nSPS) is 16.3. The smallest absolute Gasteiger partial charge is 0.276 e. The first kappa shape index (κ1) is 19.0. The highest BCUT2D eigenvalue weighted by molar-refractivity contribution is 5.60. The Morgan fingerprint density at radius 1 is 0.815 bits per heavy atom. The molecule has 0 N–H and O–H groups in total. The maximum atomic E-state index is 11.0. The Kier molecular flexibility index (Phi) is 6.90. The van der Waals surface area contributed by atoms with Gasteiger partial charge in [0.05, 0.1) is 10.5 Å². The third-order valence-electron chi connectivity index (χ3n) is 4.73. The Balaban J connectivity index is 1.42. The molecule has 1 aliphatic heterocycles. The Morgan fingerprint density at radius 3 is 2.00 bits per heavy atom. The third-order valence-corrected chi connectivity index (χ3v) is 4.73. The lowest BCUT2D eigenvalue weighted by Gasteiger charge is -2.33. The Bertz CT molecular complexity index is 794. The van der Waals surface area contributed by atoms with E-state index in [1.807, 2.05) is 24.3 Å². The van der Waals surface area contributed by atoms with Crippen molar-refractivity contribution in [2.45, 2.75) is 0 Å². The van der Waals surface area contributed by atoms with Crippen molar-refractivity contribution in [3.63, 3.8) is 0 Å². The van der Waals surface area contributed by atoms with Gasteiger partial charge in [-0.15, -0.1) is 0 Å². The minimum Gasteiger partial charge on any atom is -0.297 e. The van der Waals surface area contributed by atoms with Crippen LogP contribution < -0.4 is 0 Å². The molecule has 0 aliphatic carbocycles. The van der Waals surface area contributed by atoms with Gasteiger partial charge in [-0.05, 0) is 11.6 Å². The number of benzene rings is 2. The van der Waals surface area contributed by atoms with Crippen molar-refractivity contribution in [2.75, 3.05) is 39.3 Å². The van der Waals surface area contributed by atoms with E-state index in [4.69, 9.17) is 0 Å². The van der Waals surface area contributed by atoms with Gasteiger partial charge in [0.2, 0.25) is 0 Å². The molecule has 0 unspecified atom stereocenters. The van der Waals surface area contributed by atoms with Crippen LogP contribution in [0.25, 0.3) is 12.2 Å². The lowest BCUT2D eigenvalue weighted by Crippen LogP contribution is -2.46. The van der Waals surface area contributed by atoms with Crippen molar-refractivity contribution < 1.29 is 4.92 Å². The van der Waals surface area contributed by atoms with Crippen LogP contribution in [0.1, 0.15) is 11.1 Å². The van der Waals surface area contributed by atoms with E-state index in [0.29, 0.717) is 5.56 Å². The summed E-state index contributed by atoms with van der Waals surface area (Å²) in [6, 6.07) is 17.2. The number of nitro groups is 1. The highest BCUT2D eigenvalue weighted by Crippen LogP contribution is 2.19. The molecule has 5 nitrogen and oxygen atoms in total. The lowest BCUT2D eigenvalue weighted by atomic mass is 10.1. The maximum absolute atomic E-state index is 11.0. The average molecular weight is 363 g/mol. The molecule has 27 heavy (non-hydrogen) atoms. The zero-order chi connectivity index (χ0) is 18.9. The summed E-state index contributed by atoms with van der Waals surface area (Å²) in [5, 5.41) is 11.0. The van der Waals surface area contributed by atoms with Gasteiger partial charge in [0.1, 0.15) is 0 Å². The molecule has 1 saturated heterocycles. The maximum Gasteiger partial charge on any atom is 0.276 e. The molecule has 0 amide bonds. The predicted octanol–water partition coefficient (Wildman–Crippen LogP) is 3.94. The number of rotatable bonds is 7. The molecule has 0 aromatic heterocycles. The standard InChI is InChI=1S/C22H25N3O2/c26-25(27)22-13-5-4-11-21(22)12-7-15-24-18-16-23(17-19-24)14-6-10-20-8-2-1-3-9-20/h1-13H,14-19H2. The summed E-state index contributed by atoms with van der Waals surface area (Å²) < 4.78 is 0. The van der Waals surface area contributed by atoms with Crippen LogP contribution in [-0.4, -0.2) is 54.0 Å². The molecule has 1 aliphatic rings. The molecule has 2 aromatic rings. The van der Waals surface area contributed by atoms with Gasteiger partial charge >= 0.3 is 0 Å². The van der Waals surface area contributed by atoms with Crippen LogP contribution in [0.3, 0.4) is 0 Å². The van der Waals surface area contributed by atoms with Crippen LogP contribution in [0, 0.1) is 10.1 Å². The van der Waals surface area contributed by atoms with E-state index in [9.17, 15) is 10.1 Å². The van der Waals surface area contributed by atoms with Gasteiger partial charge in [-0.3, -0.25) is 19.9 Å². The SMILES string of the molecule is O=[N+]([O-])c1ccccc1C=CCN1CCN(CC=Cc2ccccc2)CC1. The molecule has 0 spiro atoms. The van der Waals surface area contributed by atoms with Crippen LogP contribution >= 0.6 is 0 Å². The number of nitro benzene ring substituents is 1. The van der Waals surface area contributed by atoms with Crippen molar-refractivity contribution in [3.05, 3.63) is 88.0 Å². The summed E-state index contributed by atoms with van der Waals surface area (Å²) >= 11 is 0. The summed E-state index contributed by atoms with van der Waals surface area (Å²) in [6.45, 7) is 5.90. The summed E-state index contributed by atoms with van der Waals surface area (Å²) in [4.78, 5) is 15.5. The van der Waals surface area contributed by atoms with E-state index in [1.54, 1.807) is 18.2 Å². The molecule has 0 radical (unpaired) electrons. The van der Waals surface area contributed by atoms with Gasteiger partial charge in [0.25, 0.3) is 5.69 Å². The second kappa shape index (κ2) is 9.80. The van der Waals surface area contributed by atoms with Gasteiger partial charge in [-0.25, -0.2) is 0 Å². The van der Waals surface area contributed by atoms with Crippen molar-refractivity contribution in [3.8, 4) is 0 Å². The second-order valence-corrected chi connectivity index (χ2v) is 6.63. The second-order valence-electron chi connectivity index (χ2n) is 6.63. The van der Waals surface area contributed by atoms with Gasteiger partial charge < -0.3 is 0 Å². The lowest BCUT2D eigenvalue weighted by molar-refractivity contribution is -0.385. The highest BCUT2D eigenvalue weighted by Gasteiger charge is 2.15. The molecule has 1 heterocycles. The first-order valence-corrected chi connectivity index (χ1v) is 9.28. The van der Waals surface area contributed by atoms with Gasteiger partial charge in [-0.1, -0.05) is 66.8 Å². The molecular weight excluding hydrogens is 338 g/mol. The van der Waals surface area contributed by atoms with Crippen LogP contribution in [0.2, 0.25) is 0 Å². The van der Waals surface area contributed by atoms with E-state index in [0.717, 1.165) is 39.3 Å². The zero-order valence-corrected chi connectivity index (χ0v) is 15.4. The molecule has 2 aromatic carbocycles. The number of para-hydroxylation sites is 1. The van der Waals surface area contributed by atoms with Gasteiger partial charge in [-0.2, -0.15) is 0 Å². The van der Waals surface area contributed by atoms with E-state index < -0.39 is 0 Å². The van der Waals surface area contributed by atoms with Crippen molar-refractivity contribution in [2.24, 2.45) is 0 Å². The third kappa shape index (κ3) is 5.88. The summed E-state index contributed by atoms with van der Waals surface area (Å²) in [5.74, 6) is 0. The Hall–Kier alpha value is -2.76. The topological polar surface area (TPSA) is 49.6 Å². The zero-order valence-electron chi connectivity index (χ0n) is 15.4. The number of nitrogens with zero attached hydrogens (tertiary/aromatic N) is 3. The van der Waals surface area contributed by atoms with E-state index in [1.165, 1.54) is 5.56 Å². The summed E-state index contributed by atoms with van der Waals surface area (Å²) in [7, 11) is 0. The van der Waals surface area contributed by atoms with Crippen molar-refractivity contribution in [1.29, 1.82) is 0 Å². The summed E-state index contributed by atoms with van der Waals surface area (Å²) in [6.07, 6.45) is 8.27. The van der Waals surface area contributed by atoms with Crippen LogP contribution in [0.4, 0.5) is 5.69 Å². The fourth-order valence-electron chi connectivity index (χ4n) is 3.18. The fraction of sp³-hybridized carbons (Fsp3) is 0.273. The molecule has 1 fully saturated rings. The first-order valence-electron chi connectivity index (χ1n) is 9.28. The Labute approximate surface area is 160 Å². The molecule has 0 bridgehead atoms. The van der Waals surface area contributed by atoms with E-state index in [2.05, 4.69) is 46.2 Å². The van der Waals surface area contributed by atoms with Crippen molar-refractivity contribution in [1.82, 2.24) is 9.80 Å². The molecule has 0 saturated carbocycles. The molecular formula is C22H25N3O2. The van der Waals surface area contributed by atoms with Crippen molar-refractivity contribution >= 4 is 17.8 Å².